The highest BCUT2D eigenvalue weighted by Gasteiger charge is 2.26. The van der Waals surface area contributed by atoms with E-state index in [4.69, 9.17) is 9.47 Å². The summed E-state index contributed by atoms with van der Waals surface area (Å²) in [4.78, 5) is 6.87. The van der Waals surface area contributed by atoms with Crippen molar-refractivity contribution < 1.29 is 9.47 Å². The van der Waals surface area contributed by atoms with E-state index in [0.717, 1.165) is 44.0 Å². The van der Waals surface area contributed by atoms with Gasteiger partial charge in [0.25, 0.3) is 0 Å². The van der Waals surface area contributed by atoms with Crippen molar-refractivity contribution in [3.63, 3.8) is 0 Å². The molecule has 1 heterocycles. The quantitative estimate of drug-likeness (QED) is 0.279. The normalized spacial score (nSPS) is 27.9. The van der Waals surface area contributed by atoms with Crippen LogP contribution in [0.1, 0.15) is 39.0 Å². The highest BCUT2D eigenvalue weighted by molar-refractivity contribution is 14.0. The van der Waals surface area contributed by atoms with Gasteiger partial charge in [0.2, 0.25) is 0 Å². The molecule has 1 N–H and O–H groups in total. The van der Waals surface area contributed by atoms with E-state index in [0.29, 0.717) is 19.1 Å². The maximum Gasteiger partial charge on any atom is 0.193 e. The minimum Gasteiger partial charge on any atom is -0.382 e. The number of rotatable bonds is 7. The minimum absolute atomic E-state index is 0. The third-order valence-electron chi connectivity index (χ3n) is 5.27. The van der Waals surface area contributed by atoms with Crippen molar-refractivity contribution in [1.82, 2.24) is 10.2 Å². The van der Waals surface area contributed by atoms with E-state index >= 15 is 0 Å². The Morgan fingerprint density at radius 2 is 1.88 bits per heavy atom. The second-order valence-corrected chi connectivity index (χ2v) is 7.22. The zero-order chi connectivity index (χ0) is 16.5. The highest BCUT2D eigenvalue weighted by atomic mass is 127. The van der Waals surface area contributed by atoms with Crippen LogP contribution >= 0.6 is 24.0 Å². The molecule has 0 bridgehead atoms. The van der Waals surface area contributed by atoms with Crippen LogP contribution in [-0.4, -0.2) is 64.5 Å². The molecular formula is C18H36IN3O2. The van der Waals surface area contributed by atoms with Gasteiger partial charge < -0.3 is 19.7 Å². The zero-order valence-electron chi connectivity index (χ0n) is 15.6. The van der Waals surface area contributed by atoms with Gasteiger partial charge in [-0.25, -0.2) is 0 Å². The Morgan fingerprint density at radius 3 is 2.54 bits per heavy atom. The Balaban J connectivity index is 0.00000288. The zero-order valence-corrected chi connectivity index (χ0v) is 18.0. The molecule has 142 valence electrons. The molecule has 2 fully saturated rings. The van der Waals surface area contributed by atoms with Gasteiger partial charge in [0.15, 0.2) is 5.96 Å². The van der Waals surface area contributed by atoms with Crippen molar-refractivity contribution in [3.8, 4) is 0 Å². The van der Waals surface area contributed by atoms with Crippen LogP contribution < -0.4 is 5.32 Å². The van der Waals surface area contributed by atoms with Gasteiger partial charge in [-0.05, 0) is 31.1 Å². The first-order valence-electron chi connectivity index (χ1n) is 9.25. The minimum atomic E-state index is 0. The summed E-state index contributed by atoms with van der Waals surface area (Å²) in [6, 6.07) is 0. The van der Waals surface area contributed by atoms with Gasteiger partial charge in [-0.1, -0.05) is 19.8 Å². The average Bonchev–Trinajstić information content (AvgIpc) is 3.03. The number of methoxy groups -OCH3 is 1. The molecular weight excluding hydrogens is 417 g/mol. The average molecular weight is 453 g/mol. The van der Waals surface area contributed by atoms with Gasteiger partial charge in [-0.3, -0.25) is 4.99 Å². The van der Waals surface area contributed by atoms with E-state index in [-0.39, 0.29) is 24.0 Å². The van der Waals surface area contributed by atoms with Crippen molar-refractivity contribution in [3.05, 3.63) is 0 Å². The number of hydrogen-bond donors (Lipinski definition) is 1. The van der Waals surface area contributed by atoms with E-state index in [9.17, 15) is 0 Å². The molecule has 1 aliphatic heterocycles. The number of aliphatic imine (C=N–C) groups is 1. The number of guanidine groups is 1. The van der Waals surface area contributed by atoms with E-state index in [1.54, 1.807) is 7.11 Å². The van der Waals surface area contributed by atoms with Crippen molar-refractivity contribution in [1.29, 1.82) is 0 Å². The molecule has 1 unspecified atom stereocenters. The SMILES string of the molecule is CN=C(NCC1CCC(C)CC1)N1CCC(COCCOC)C1.I. The molecule has 2 rings (SSSR count). The lowest BCUT2D eigenvalue weighted by Gasteiger charge is -2.28. The Kier molecular flexibility index (Phi) is 11.3. The first-order valence-corrected chi connectivity index (χ1v) is 9.25. The fourth-order valence-corrected chi connectivity index (χ4v) is 3.65. The van der Waals surface area contributed by atoms with E-state index < -0.39 is 0 Å². The summed E-state index contributed by atoms with van der Waals surface area (Å²) >= 11 is 0. The number of halogens is 1. The van der Waals surface area contributed by atoms with Crippen LogP contribution in [0.2, 0.25) is 0 Å². The molecule has 0 aromatic heterocycles. The molecule has 0 amide bonds. The molecule has 0 spiro atoms. The summed E-state index contributed by atoms with van der Waals surface area (Å²) in [6.07, 6.45) is 6.68. The van der Waals surface area contributed by atoms with Gasteiger partial charge in [0, 0.05) is 39.7 Å². The molecule has 24 heavy (non-hydrogen) atoms. The number of hydrogen-bond acceptors (Lipinski definition) is 3. The summed E-state index contributed by atoms with van der Waals surface area (Å²) in [5, 5.41) is 3.61. The van der Waals surface area contributed by atoms with Crippen LogP contribution in [0.25, 0.3) is 0 Å². The second kappa shape index (κ2) is 12.3. The predicted octanol–water partition coefficient (Wildman–Crippen LogP) is 2.99. The van der Waals surface area contributed by atoms with Gasteiger partial charge in [0.05, 0.1) is 19.8 Å². The van der Waals surface area contributed by atoms with Gasteiger partial charge in [0.1, 0.15) is 0 Å². The summed E-state index contributed by atoms with van der Waals surface area (Å²) in [5.74, 6) is 3.42. The Bertz CT molecular complexity index is 360. The lowest BCUT2D eigenvalue weighted by atomic mass is 9.83. The lowest BCUT2D eigenvalue weighted by molar-refractivity contribution is 0.0536. The molecule has 1 aliphatic carbocycles. The van der Waals surface area contributed by atoms with E-state index in [1.807, 2.05) is 7.05 Å². The third kappa shape index (κ3) is 7.44. The van der Waals surface area contributed by atoms with Gasteiger partial charge >= 0.3 is 0 Å². The van der Waals surface area contributed by atoms with Crippen LogP contribution in [0.4, 0.5) is 0 Å². The van der Waals surface area contributed by atoms with Crippen LogP contribution in [0, 0.1) is 17.8 Å². The smallest absolute Gasteiger partial charge is 0.193 e. The van der Waals surface area contributed by atoms with Crippen molar-refractivity contribution in [2.75, 3.05) is 53.6 Å². The first-order chi connectivity index (χ1) is 11.2. The van der Waals surface area contributed by atoms with Crippen LogP contribution in [0.15, 0.2) is 4.99 Å². The molecule has 5 nitrogen and oxygen atoms in total. The standard InChI is InChI=1S/C18H35N3O2.HI/c1-15-4-6-16(7-5-15)12-20-18(19-2)21-9-8-17(13-21)14-23-11-10-22-3;/h15-17H,4-14H2,1-3H3,(H,19,20);1H. The van der Waals surface area contributed by atoms with Crippen LogP contribution in [-0.2, 0) is 9.47 Å². The number of nitrogens with one attached hydrogen (secondary N) is 1. The molecule has 1 atom stereocenters. The monoisotopic (exact) mass is 453 g/mol. The van der Waals surface area contributed by atoms with Crippen molar-refractivity contribution in [2.24, 2.45) is 22.7 Å². The second-order valence-electron chi connectivity index (χ2n) is 7.22. The molecule has 0 aromatic rings. The Labute approximate surface area is 165 Å². The van der Waals surface area contributed by atoms with Crippen LogP contribution in [0.3, 0.4) is 0 Å². The summed E-state index contributed by atoms with van der Waals surface area (Å²) in [7, 11) is 3.61. The fourth-order valence-electron chi connectivity index (χ4n) is 3.65. The molecule has 0 aromatic carbocycles. The first kappa shape index (κ1) is 22.0. The molecule has 1 saturated heterocycles. The van der Waals surface area contributed by atoms with Crippen molar-refractivity contribution >= 4 is 29.9 Å². The largest absolute Gasteiger partial charge is 0.382 e. The lowest BCUT2D eigenvalue weighted by Crippen LogP contribution is -2.42. The topological polar surface area (TPSA) is 46.1 Å². The molecule has 6 heteroatoms. The Morgan fingerprint density at radius 1 is 1.12 bits per heavy atom. The molecule has 2 aliphatic rings. The van der Waals surface area contributed by atoms with Crippen molar-refractivity contribution in [2.45, 2.75) is 39.0 Å². The number of nitrogens with zero attached hydrogens (tertiary/aromatic N) is 2. The number of likely N-dealkylation sites (tertiary alicyclic amines) is 1. The van der Waals surface area contributed by atoms with Gasteiger partial charge in [-0.2, -0.15) is 0 Å². The van der Waals surface area contributed by atoms with E-state index in [1.165, 1.54) is 32.1 Å². The third-order valence-corrected chi connectivity index (χ3v) is 5.27. The Hall–Kier alpha value is -0.0800. The van der Waals surface area contributed by atoms with E-state index in [2.05, 4.69) is 22.1 Å². The van der Waals surface area contributed by atoms with Gasteiger partial charge in [-0.15, -0.1) is 24.0 Å². The fraction of sp³-hybridized carbons (Fsp3) is 0.944. The number of ether oxygens (including phenoxy) is 2. The summed E-state index contributed by atoms with van der Waals surface area (Å²) in [6.45, 7) is 7.79. The maximum absolute atomic E-state index is 5.67. The molecule has 0 radical (unpaired) electrons. The summed E-state index contributed by atoms with van der Waals surface area (Å²) in [5.41, 5.74) is 0. The maximum atomic E-state index is 5.67. The van der Waals surface area contributed by atoms with Crippen LogP contribution in [0.5, 0.6) is 0 Å². The predicted molar refractivity (Wildman–Crippen MR) is 110 cm³/mol. The molecule has 1 saturated carbocycles. The summed E-state index contributed by atoms with van der Waals surface area (Å²) < 4.78 is 10.7. The highest BCUT2D eigenvalue weighted by Crippen LogP contribution is 2.27.